The molecule has 3 nitrogen and oxygen atoms in total. The Bertz CT molecular complexity index is 436. The van der Waals surface area contributed by atoms with Gasteiger partial charge in [0.05, 0.1) is 18.8 Å². The van der Waals surface area contributed by atoms with Gasteiger partial charge in [-0.25, -0.2) is 4.79 Å². The molecule has 0 amide bonds. The molecule has 0 fully saturated rings. The van der Waals surface area contributed by atoms with Crippen LogP contribution in [0.3, 0.4) is 0 Å². The first-order valence-electron chi connectivity index (χ1n) is 7.73. The van der Waals surface area contributed by atoms with Gasteiger partial charge in [-0.3, -0.25) is 0 Å². The minimum atomic E-state index is -0.264. The number of esters is 1. The number of aryl methyl sites for hydroxylation is 2. The van der Waals surface area contributed by atoms with Crippen LogP contribution in [0.1, 0.15) is 56.1 Å². The van der Waals surface area contributed by atoms with Gasteiger partial charge in [0.15, 0.2) is 0 Å². The monoisotopic (exact) mass is 292 g/mol. The van der Waals surface area contributed by atoms with Gasteiger partial charge in [0, 0.05) is 0 Å². The van der Waals surface area contributed by atoms with Crippen molar-refractivity contribution in [2.45, 2.75) is 47.5 Å². The van der Waals surface area contributed by atoms with Crippen molar-refractivity contribution in [1.29, 1.82) is 0 Å². The van der Waals surface area contributed by atoms with Crippen molar-refractivity contribution < 1.29 is 14.3 Å². The minimum Gasteiger partial charge on any atom is -0.460 e. The predicted molar refractivity (Wildman–Crippen MR) is 85.8 cm³/mol. The van der Waals surface area contributed by atoms with Gasteiger partial charge in [-0.05, 0) is 41.5 Å². The van der Waals surface area contributed by atoms with Crippen LogP contribution in [0.5, 0.6) is 0 Å². The molecule has 0 N–H and O–H groups in total. The van der Waals surface area contributed by atoms with E-state index in [1.165, 1.54) is 11.1 Å². The summed E-state index contributed by atoms with van der Waals surface area (Å²) in [6.07, 6.45) is 1.84. The van der Waals surface area contributed by atoms with Gasteiger partial charge in [-0.15, -0.1) is 0 Å². The van der Waals surface area contributed by atoms with Crippen LogP contribution in [0.25, 0.3) is 0 Å². The molecular weight excluding hydrogens is 264 g/mol. The molecule has 0 unspecified atom stereocenters. The molecule has 0 bridgehead atoms. The van der Waals surface area contributed by atoms with E-state index in [2.05, 4.69) is 40.7 Å². The normalized spacial score (nSPS) is 11.5. The van der Waals surface area contributed by atoms with Crippen LogP contribution in [0.2, 0.25) is 0 Å². The molecule has 0 aliphatic rings. The third kappa shape index (κ3) is 6.76. The number of ether oxygens (including phenoxy) is 2. The fourth-order valence-corrected chi connectivity index (χ4v) is 1.94. The molecule has 1 aromatic carbocycles. The highest BCUT2D eigenvalue weighted by Crippen LogP contribution is 2.14. The average molecular weight is 292 g/mol. The molecule has 21 heavy (non-hydrogen) atoms. The fourth-order valence-electron chi connectivity index (χ4n) is 1.94. The van der Waals surface area contributed by atoms with Gasteiger partial charge in [0.25, 0.3) is 0 Å². The Labute approximate surface area is 128 Å². The van der Waals surface area contributed by atoms with E-state index in [1.807, 2.05) is 12.1 Å². The molecule has 0 heterocycles. The Morgan fingerprint density at radius 2 is 1.57 bits per heavy atom. The van der Waals surface area contributed by atoms with E-state index in [0.717, 1.165) is 12.8 Å². The molecule has 3 heteroatoms. The van der Waals surface area contributed by atoms with Crippen molar-refractivity contribution in [3.63, 3.8) is 0 Å². The summed E-state index contributed by atoms with van der Waals surface area (Å²) in [5, 5.41) is 0. The van der Waals surface area contributed by atoms with E-state index in [-0.39, 0.29) is 11.4 Å². The fraction of sp³-hybridized carbons (Fsp3) is 0.611. The van der Waals surface area contributed by atoms with Crippen molar-refractivity contribution >= 4 is 5.97 Å². The first kappa shape index (κ1) is 17.7. The molecule has 1 aromatic rings. The largest absolute Gasteiger partial charge is 0.460 e. The predicted octanol–water partition coefficient (Wildman–Crippen LogP) is 4.03. The van der Waals surface area contributed by atoms with Crippen molar-refractivity contribution in [1.82, 2.24) is 0 Å². The van der Waals surface area contributed by atoms with Crippen molar-refractivity contribution in [2.24, 2.45) is 5.41 Å². The highest BCUT2D eigenvalue weighted by atomic mass is 16.6. The molecule has 0 aromatic heterocycles. The minimum absolute atomic E-state index is 0.134. The zero-order chi connectivity index (χ0) is 15.9. The van der Waals surface area contributed by atoms with E-state index in [1.54, 1.807) is 0 Å². The summed E-state index contributed by atoms with van der Waals surface area (Å²) in [5.74, 6) is -0.264. The summed E-state index contributed by atoms with van der Waals surface area (Å²) >= 11 is 0. The quantitative estimate of drug-likeness (QED) is 0.562. The molecule has 0 saturated carbocycles. The van der Waals surface area contributed by atoms with Crippen molar-refractivity contribution in [3.05, 3.63) is 34.9 Å². The topological polar surface area (TPSA) is 35.5 Å². The molecule has 0 radical (unpaired) electrons. The van der Waals surface area contributed by atoms with Crippen molar-refractivity contribution in [2.75, 3.05) is 19.8 Å². The second-order valence-electron chi connectivity index (χ2n) is 6.49. The summed E-state index contributed by atoms with van der Waals surface area (Å²) in [5.41, 5.74) is 3.12. The van der Waals surface area contributed by atoms with E-state index >= 15 is 0 Å². The number of rotatable bonds is 7. The van der Waals surface area contributed by atoms with Gasteiger partial charge in [0.2, 0.25) is 0 Å². The smallest absolute Gasteiger partial charge is 0.338 e. The third-order valence-electron chi connectivity index (χ3n) is 3.10. The van der Waals surface area contributed by atoms with Crippen LogP contribution < -0.4 is 0 Å². The van der Waals surface area contributed by atoms with E-state index < -0.39 is 0 Å². The molecule has 118 valence electrons. The Balaban J connectivity index is 2.48. The molecule has 0 aliphatic heterocycles. The van der Waals surface area contributed by atoms with E-state index in [9.17, 15) is 4.79 Å². The van der Waals surface area contributed by atoms with Crippen LogP contribution in [-0.2, 0) is 22.3 Å². The van der Waals surface area contributed by atoms with Crippen LogP contribution in [0.4, 0.5) is 0 Å². The number of carbonyl (C=O) groups excluding carboxylic acids is 1. The second kappa shape index (κ2) is 8.18. The Morgan fingerprint density at radius 1 is 1.00 bits per heavy atom. The van der Waals surface area contributed by atoms with Crippen LogP contribution in [0, 0.1) is 5.41 Å². The summed E-state index contributed by atoms with van der Waals surface area (Å²) in [7, 11) is 0. The highest BCUT2D eigenvalue weighted by molar-refractivity contribution is 5.89. The number of hydrogen-bond donors (Lipinski definition) is 0. The lowest BCUT2D eigenvalue weighted by molar-refractivity contribution is 0.0179. The highest BCUT2D eigenvalue weighted by Gasteiger charge is 2.11. The Morgan fingerprint density at radius 3 is 2.05 bits per heavy atom. The van der Waals surface area contributed by atoms with Gasteiger partial charge in [-0.1, -0.05) is 40.7 Å². The lowest BCUT2D eigenvalue weighted by Gasteiger charge is -2.17. The summed E-state index contributed by atoms with van der Waals surface area (Å²) in [6, 6.07) is 5.97. The first-order valence-corrected chi connectivity index (χ1v) is 7.73. The zero-order valence-corrected chi connectivity index (χ0v) is 14.0. The van der Waals surface area contributed by atoms with Crippen LogP contribution in [-0.4, -0.2) is 25.8 Å². The Hall–Kier alpha value is -1.35. The molecule has 1 rings (SSSR count). The van der Waals surface area contributed by atoms with Gasteiger partial charge in [-0.2, -0.15) is 0 Å². The molecule has 0 atom stereocenters. The average Bonchev–Trinajstić information content (AvgIpc) is 2.44. The maximum Gasteiger partial charge on any atom is 0.338 e. The second-order valence-corrected chi connectivity index (χ2v) is 6.49. The lowest BCUT2D eigenvalue weighted by Crippen LogP contribution is -2.18. The maximum atomic E-state index is 12.1. The lowest BCUT2D eigenvalue weighted by atomic mass is 9.99. The van der Waals surface area contributed by atoms with Crippen molar-refractivity contribution in [3.8, 4) is 0 Å². The van der Waals surface area contributed by atoms with Crippen LogP contribution >= 0.6 is 0 Å². The standard InChI is InChI=1S/C18H28O3/c1-6-14-10-15(7-2)12-16(11-14)17(19)21-9-8-20-13-18(3,4)5/h10-12H,6-9,13H2,1-5H3. The molecule has 0 saturated heterocycles. The summed E-state index contributed by atoms with van der Waals surface area (Å²) in [4.78, 5) is 12.1. The van der Waals surface area contributed by atoms with Crippen LogP contribution in [0.15, 0.2) is 18.2 Å². The summed E-state index contributed by atoms with van der Waals surface area (Å²) in [6.45, 7) is 11.9. The van der Waals surface area contributed by atoms with Gasteiger partial charge in [0.1, 0.15) is 6.61 Å². The van der Waals surface area contributed by atoms with E-state index in [0.29, 0.717) is 25.4 Å². The molecular formula is C18H28O3. The Kier molecular flexibility index (Phi) is 6.90. The first-order chi connectivity index (χ1) is 9.85. The number of carbonyl (C=O) groups is 1. The SMILES string of the molecule is CCc1cc(CC)cc(C(=O)OCCOCC(C)(C)C)c1. The van der Waals surface area contributed by atoms with Gasteiger partial charge >= 0.3 is 5.97 Å². The zero-order valence-electron chi connectivity index (χ0n) is 14.0. The van der Waals surface area contributed by atoms with Gasteiger partial charge < -0.3 is 9.47 Å². The summed E-state index contributed by atoms with van der Waals surface area (Å²) < 4.78 is 10.8. The molecule has 0 spiro atoms. The third-order valence-corrected chi connectivity index (χ3v) is 3.10. The number of hydrogen-bond acceptors (Lipinski definition) is 3. The van der Waals surface area contributed by atoms with E-state index in [4.69, 9.17) is 9.47 Å². The number of benzene rings is 1. The maximum absolute atomic E-state index is 12.1. The molecule has 0 aliphatic carbocycles.